The maximum Gasteiger partial charge on any atom is 0.431 e. The number of halogens is 6. The molecule has 0 radical (unpaired) electrons. The lowest BCUT2D eigenvalue weighted by atomic mass is 9.94. The van der Waals surface area contributed by atoms with Crippen LogP contribution in [0.2, 0.25) is 0 Å². The fourth-order valence-corrected chi connectivity index (χ4v) is 2.24. The Bertz CT molecular complexity index is 574. The standard InChI is InChI=1S/C12H11F6N3O2/c1-23-9(12(16,17)18)7-8(11(13,14)15)20-21(10(7)22)6-4-2-3-5-19-6/h2-5,7,9-10,22H,1H3. The van der Waals surface area contributed by atoms with Crippen LogP contribution < -0.4 is 5.01 Å². The molecule has 0 saturated heterocycles. The number of aliphatic hydroxyl groups excluding tert-OH is 1. The van der Waals surface area contributed by atoms with Gasteiger partial charge >= 0.3 is 12.4 Å². The topological polar surface area (TPSA) is 58.0 Å². The monoisotopic (exact) mass is 343 g/mol. The van der Waals surface area contributed by atoms with Gasteiger partial charge in [-0.25, -0.2) is 9.99 Å². The van der Waals surface area contributed by atoms with Gasteiger partial charge in [-0.1, -0.05) is 6.07 Å². The van der Waals surface area contributed by atoms with Gasteiger partial charge in [0.1, 0.15) is 0 Å². The summed E-state index contributed by atoms with van der Waals surface area (Å²) in [5.41, 5.74) is -1.78. The van der Waals surface area contributed by atoms with Gasteiger partial charge in [-0.2, -0.15) is 31.4 Å². The Labute approximate surface area is 126 Å². The number of aromatic nitrogens is 1. The van der Waals surface area contributed by atoms with Crippen LogP contribution in [0, 0.1) is 5.92 Å². The van der Waals surface area contributed by atoms with Crippen molar-refractivity contribution < 1.29 is 36.2 Å². The Balaban J connectivity index is 2.48. The minimum atomic E-state index is -5.17. The summed E-state index contributed by atoms with van der Waals surface area (Å²) < 4.78 is 82.1. The van der Waals surface area contributed by atoms with Crippen LogP contribution in [-0.2, 0) is 4.74 Å². The van der Waals surface area contributed by atoms with E-state index in [0.29, 0.717) is 12.1 Å². The SMILES string of the molecule is COC(C1C(C(F)(F)F)=NN(c2ccccn2)C1O)C(F)(F)F. The highest BCUT2D eigenvalue weighted by Crippen LogP contribution is 2.40. The molecular weight excluding hydrogens is 332 g/mol. The lowest BCUT2D eigenvalue weighted by Crippen LogP contribution is -2.50. The van der Waals surface area contributed by atoms with Gasteiger partial charge in [-0.15, -0.1) is 0 Å². The summed E-state index contributed by atoms with van der Waals surface area (Å²) in [6.07, 6.45) is -14.2. The zero-order valence-electron chi connectivity index (χ0n) is 11.5. The summed E-state index contributed by atoms with van der Waals surface area (Å²) in [5.74, 6) is -2.68. The van der Waals surface area contributed by atoms with E-state index in [2.05, 4.69) is 14.8 Å². The van der Waals surface area contributed by atoms with Gasteiger partial charge in [0.05, 0.1) is 5.92 Å². The molecule has 1 aromatic rings. The van der Waals surface area contributed by atoms with Gasteiger partial charge in [-0.3, -0.25) is 0 Å². The van der Waals surface area contributed by atoms with Crippen molar-refractivity contribution in [3.63, 3.8) is 0 Å². The summed E-state index contributed by atoms with van der Waals surface area (Å²) >= 11 is 0. The van der Waals surface area contributed by atoms with Crippen molar-refractivity contribution in [3.8, 4) is 0 Å². The van der Waals surface area contributed by atoms with Gasteiger partial charge in [0.2, 0.25) is 0 Å². The van der Waals surface area contributed by atoms with Crippen molar-refractivity contribution in [1.29, 1.82) is 0 Å². The molecule has 5 nitrogen and oxygen atoms in total. The zero-order chi connectivity index (χ0) is 17.4. The van der Waals surface area contributed by atoms with E-state index in [9.17, 15) is 31.4 Å². The van der Waals surface area contributed by atoms with Crippen molar-refractivity contribution in [3.05, 3.63) is 24.4 Å². The average Bonchev–Trinajstić information content (AvgIpc) is 2.77. The number of pyridine rings is 1. The molecule has 0 aromatic carbocycles. The molecule has 11 heteroatoms. The average molecular weight is 343 g/mol. The van der Waals surface area contributed by atoms with Crippen LogP contribution in [0.4, 0.5) is 32.2 Å². The van der Waals surface area contributed by atoms with Gasteiger partial charge in [0.25, 0.3) is 0 Å². The van der Waals surface area contributed by atoms with Crippen molar-refractivity contribution in [2.45, 2.75) is 24.7 Å². The van der Waals surface area contributed by atoms with E-state index in [1.165, 1.54) is 24.4 Å². The van der Waals surface area contributed by atoms with Gasteiger partial charge in [-0.05, 0) is 12.1 Å². The van der Waals surface area contributed by atoms with Gasteiger partial charge in [0.15, 0.2) is 23.9 Å². The molecule has 0 spiro atoms. The number of rotatable bonds is 3. The second kappa shape index (κ2) is 5.96. The molecular formula is C12H11F6N3O2. The first-order chi connectivity index (χ1) is 10.6. The molecule has 0 saturated carbocycles. The summed E-state index contributed by atoms with van der Waals surface area (Å²) in [6, 6.07) is 4.05. The molecule has 0 fully saturated rings. The third kappa shape index (κ3) is 3.39. The Morgan fingerprint density at radius 3 is 2.30 bits per heavy atom. The Morgan fingerprint density at radius 2 is 1.87 bits per heavy atom. The third-order valence-electron chi connectivity index (χ3n) is 3.18. The number of aliphatic hydroxyl groups is 1. The quantitative estimate of drug-likeness (QED) is 0.856. The highest BCUT2D eigenvalue weighted by Gasteiger charge is 2.59. The summed E-state index contributed by atoms with van der Waals surface area (Å²) in [7, 11) is 0.613. The minimum Gasteiger partial charge on any atom is -0.371 e. The predicted molar refractivity (Wildman–Crippen MR) is 66.6 cm³/mol. The molecule has 0 amide bonds. The number of nitrogens with zero attached hydrogens (tertiary/aromatic N) is 3. The van der Waals surface area contributed by atoms with Crippen molar-refractivity contribution in [2.75, 3.05) is 12.1 Å². The van der Waals surface area contributed by atoms with Gasteiger partial charge in [0, 0.05) is 13.3 Å². The van der Waals surface area contributed by atoms with E-state index in [1.807, 2.05) is 0 Å². The number of hydrazone groups is 1. The molecule has 1 N–H and O–H groups in total. The highest BCUT2D eigenvalue weighted by molar-refractivity contribution is 5.95. The van der Waals surface area contributed by atoms with E-state index in [1.54, 1.807) is 0 Å². The summed E-state index contributed by atoms with van der Waals surface area (Å²) in [6.45, 7) is 0. The molecule has 2 rings (SSSR count). The number of anilines is 1. The summed E-state index contributed by atoms with van der Waals surface area (Å²) in [5, 5.41) is 13.5. The second-order valence-corrected chi connectivity index (χ2v) is 4.65. The predicted octanol–water partition coefficient (Wildman–Crippen LogP) is 2.33. The van der Waals surface area contributed by atoms with Gasteiger partial charge < -0.3 is 9.84 Å². The third-order valence-corrected chi connectivity index (χ3v) is 3.18. The molecule has 0 aliphatic carbocycles. The number of hydrogen-bond acceptors (Lipinski definition) is 5. The van der Waals surface area contributed by atoms with E-state index in [4.69, 9.17) is 0 Å². The normalized spacial score (nSPS) is 23.8. The second-order valence-electron chi connectivity index (χ2n) is 4.65. The number of hydrogen-bond donors (Lipinski definition) is 1. The van der Waals surface area contributed by atoms with Crippen LogP contribution in [0.15, 0.2) is 29.5 Å². The largest absolute Gasteiger partial charge is 0.431 e. The number of ether oxygens (including phenoxy) is 1. The number of methoxy groups -OCH3 is 1. The van der Waals surface area contributed by atoms with E-state index in [-0.39, 0.29) is 5.82 Å². The first-order valence-electron chi connectivity index (χ1n) is 6.21. The summed E-state index contributed by atoms with van der Waals surface area (Å²) in [4.78, 5) is 3.68. The zero-order valence-corrected chi connectivity index (χ0v) is 11.5. The molecule has 3 unspecified atom stereocenters. The molecule has 3 atom stereocenters. The van der Waals surface area contributed by atoms with E-state index >= 15 is 0 Å². The van der Waals surface area contributed by atoms with Crippen molar-refractivity contribution in [1.82, 2.24) is 4.98 Å². The Morgan fingerprint density at radius 1 is 1.22 bits per heavy atom. The van der Waals surface area contributed by atoms with Crippen LogP contribution in [0.3, 0.4) is 0 Å². The van der Waals surface area contributed by atoms with Crippen LogP contribution in [0.25, 0.3) is 0 Å². The fraction of sp³-hybridized carbons (Fsp3) is 0.500. The van der Waals surface area contributed by atoms with Crippen LogP contribution in [0.1, 0.15) is 0 Å². The molecule has 0 bridgehead atoms. The highest BCUT2D eigenvalue weighted by atomic mass is 19.4. The molecule has 128 valence electrons. The first-order valence-corrected chi connectivity index (χ1v) is 6.21. The molecule has 1 aliphatic heterocycles. The van der Waals surface area contributed by atoms with Crippen LogP contribution >= 0.6 is 0 Å². The maximum atomic E-state index is 13.0. The van der Waals surface area contributed by atoms with Crippen molar-refractivity contribution >= 4 is 11.5 Å². The minimum absolute atomic E-state index is 0.221. The lowest BCUT2D eigenvalue weighted by molar-refractivity contribution is -0.229. The molecule has 1 aliphatic rings. The fourth-order valence-electron chi connectivity index (χ4n) is 2.24. The van der Waals surface area contributed by atoms with Crippen LogP contribution in [-0.4, -0.2) is 47.6 Å². The number of alkyl halides is 6. The van der Waals surface area contributed by atoms with E-state index in [0.717, 1.165) is 0 Å². The molecule has 1 aromatic heterocycles. The Kier molecular flexibility index (Phi) is 4.53. The lowest BCUT2D eigenvalue weighted by Gasteiger charge is -2.29. The van der Waals surface area contributed by atoms with E-state index < -0.39 is 36.3 Å². The Hall–Kier alpha value is -1.88. The van der Waals surface area contributed by atoms with Crippen LogP contribution in [0.5, 0.6) is 0 Å². The molecule has 2 heterocycles. The first kappa shape index (κ1) is 17.5. The smallest absolute Gasteiger partial charge is 0.371 e. The van der Waals surface area contributed by atoms with Crippen molar-refractivity contribution in [2.24, 2.45) is 11.0 Å². The molecule has 23 heavy (non-hydrogen) atoms. The maximum absolute atomic E-state index is 13.0.